The Morgan fingerprint density at radius 1 is 1.07 bits per heavy atom. The molecule has 0 unspecified atom stereocenters. The first-order chi connectivity index (χ1) is 14.1. The molecule has 1 aliphatic rings. The van der Waals surface area contributed by atoms with Crippen LogP contribution in [-0.2, 0) is 25.9 Å². The largest absolute Gasteiger partial charge is 0.486 e. The molecule has 0 spiro atoms. The van der Waals surface area contributed by atoms with Crippen molar-refractivity contribution in [3.63, 3.8) is 0 Å². The third-order valence-electron chi connectivity index (χ3n) is 4.71. The van der Waals surface area contributed by atoms with Gasteiger partial charge in [-0.25, -0.2) is 0 Å². The van der Waals surface area contributed by atoms with E-state index in [4.69, 9.17) is 21.1 Å². The van der Waals surface area contributed by atoms with Crippen LogP contribution in [0, 0.1) is 0 Å². The van der Waals surface area contributed by atoms with Crippen LogP contribution in [0.4, 0.5) is 0 Å². The minimum absolute atomic E-state index is 0.597. The normalized spacial score (nSPS) is 13.1. The van der Waals surface area contributed by atoms with Gasteiger partial charge >= 0.3 is 0 Å². The van der Waals surface area contributed by atoms with Crippen LogP contribution in [0.3, 0.4) is 0 Å². The van der Waals surface area contributed by atoms with Crippen LogP contribution in [0.25, 0.3) is 0 Å². The molecule has 1 aliphatic heterocycles. The summed E-state index contributed by atoms with van der Waals surface area (Å²) in [5, 5.41) is 10.4. The summed E-state index contributed by atoms with van der Waals surface area (Å²) in [4.78, 5) is 2.21. The second kappa shape index (κ2) is 9.07. The fourth-order valence-electron chi connectivity index (χ4n) is 3.16. The molecule has 6 nitrogen and oxygen atoms in total. The molecule has 29 heavy (non-hydrogen) atoms. The van der Waals surface area contributed by atoms with Crippen LogP contribution < -0.4 is 9.47 Å². The predicted molar refractivity (Wildman–Crippen MR) is 115 cm³/mol. The topological polar surface area (TPSA) is 52.4 Å². The van der Waals surface area contributed by atoms with Crippen LogP contribution in [0.15, 0.2) is 47.6 Å². The quantitative estimate of drug-likeness (QED) is 0.524. The summed E-state index contributed by atoms with van der Waals surface area (Å²) >= 11 is 7.88. The van der Waals surface area contributed by atoms with Crippen LogP contribution in [0.2, 0.25) is 5.02 Å². The van der Waals surface area contributed by atoms with Crippen molar-refractivity contribution < 1.29 is 9.47 Å². The molecule has 0 N–H and O–H groups in total. The second-order valence-corrected chi connectivity index (χ2v) is 8.34. The summed E-state index contributed by atoms with van der Waals surface area (Å²) in [6.07, 6.45) is 0. The fourth-order valence-corrected chi connectivity index (χ4v) is 4.38. The molecule has 0 fully saturated rings. The number of halogens is 1. The maximum atomic E-state index is 6.25. The highest BCUT2D eigenvalue weighted by atomic mass is 35.5. The summed E-state index contributed by atoms with van der Waals surface area (Å²) in [7, 11) is 4.07. The zero-order valence-corrected chi connectivity index (χ0v) is 18.0. The van der Waals surface area contributed by atoms with Gasteiger partial charge in [-0.2, -0.15) is 0 Å². The van der Waals surface area contributed by atoms with Crippen molar-refractivity contribution in [2.45, 2.75) is 24.0 Å². The highest BCUT2D eigenvalue weighted by molar-refractivity contribution is 7.98. The first-order valence-corrected chi connectivity index (χ1v) is 10.8. The Hall–Kier alpha value is -2.22. The van der Waals surface area contributed by atoms with Gasteiger partial charge in [-0.1, -0.05) is 47.6 Å². The Morgan fingerprint density at radius 2 is 1.86 bits per heavy atom. The molecule has 0 atom stereocenters. The molecule has 1 aromatic heterocycles. The van der Waals surface area contributed by atoms with Gasteiger partial charge in [-0.3, -0.25) is 4.90 Å². The van der Waals surface area contributed by atoms with Crippen LogP contribution >= 0.6 is 23.4 Å². The Bertz CT molecular complexity index is 995. The van der Waals surface area contributed by atoms with Crippen molar-refractivity contribution in [2.75, 3.05) is 20.3 Å². The first kappa shape index (κ1) is 20.1. The number of hydrogen-bond donors (Lipinski definition) is 0. The average molecular weight is 431 g/mol. The monoisotopic (exact) mass is 430 g/mol. The van der Waals surface area contributed by atoms with Crippen LogP contribution in [0.5, 0.6) is 11.5 Å². The molecule has 0 aliphatic carbocycles. The Morgan fingerprint density at radius 3 is 2.69 bits per heavy atom. The number of hydrogen-bond acceptors (Lipinski definition) is 6. The molecule has 2 aromatic carbocycles. The molecular formula is C21H23ClN4O2S. The summed E-state index contributed by atoms with van der Waals surface area (Å²) in [6.45, 7) is 2.69. The van der Waals surface area contributed by atoms with Gasteiger partial charge in [0.25, 0.3) is 0 Å². The minimum atomic E-state index is 0.597. The van der Waals surface area contributed by atoms with E-state index >= 15 is 0 Å². The van der Waals surface area contributed by atoms with E-state index in [0.717, 1.165) is 45.4 Å². The number of fused-ring (bicyclic) bond motifs is 1. The van der Waals surface area contributed by atoms with E-state index in [2.05, 4.69) is 28.2 Å². The molecule has 4 rings (SSSR count). The summed E-state index contributed by atoms with van der Waals surface area (Å²) in [6, 6.07) is 14.0. The number of aromatic nitrogens is 3. The highest BCUT2D eigenvalue weighted by Gasteiger charge is 2.15. The van der Waals surface area contributed by atoms with Crippen LogP contribution in [-0.4, -0.2) is 39.9 Å². The lowest BCUT2D eigenvalue weighted by Gasteiger charge is -2.21. The van der Waals surface area contributed by atoms with Gasteiger partial charge in [0, 0.05) is 24.4 Å². The Labute approximate surface area is 179 Å². The zero-order valence-electron chi connectivity index (χ0n) is 16.5. The van der Waals surface area contributed by atoms with E-state index < -0.39 is 0 Å². The summed E-state index contributed by atoms with van der Waals surface area (Å²) < 4.78 is 13.3. The van der Waals surface area contributed by atoms with Gasteiger partial charge in [-0.05, 0) is 36.4 Å². The standard InChI is InChI=1S/C21H23ClN4O2S/c1-25(12-15-7-8-18-19(11-15)28-10-9-27-18)13-20-23-24-21(26(20)2)29-14-16-5-3-4-6-17(16)22/h3-8,11H,9-10,12-14H2,1-2H3. The lowest BCUT2D eigenvalue weighted by atomic mass is 10.2. The van der Waals surface area contributed by atoms with Gasteiger partial charge < -0.3 is 14.0 Å². The number of rotatable bonds is 7. The van der Waals surface area contributed by atoms with E-state index in [0.29, 0.717) is 19.8 Å². The van der Waals surface area contributed by atoms with Gasteiger partial charge in [0.2, 0.25) is 0 Å². The highest BCUT2D eigenvalue weighted by Crippen LogP contribution is 2.31. The van der Waals surface area contributed by atoms with Gasteiger partial charge in [0.05, 0.1) is 6.54 Å². The van der Waals surface area contributed by atoms with Crippen LogP contribution in [0.1, 0.15) is 17.0 Å². The van der Waals surface area contributed by atoms with Crippen molar-refractivity contribution in [3.05, 3.63) is 64.4 Å². The van der Waals surface area contributed by atoms with Gasteiger partial charge in [0.15, 0.2) is 16.7 Å². The molecule has 0 amide bonds. The third-order valence-corrected chi connectivity index (χ3v) is 6.15. The molecule has 8 heteroatoms. The van der Waals surface area contributed by atoms with Crippen molar-refractivity contribution in [2.24, 2.45) is 7.05 Å². The molecule has 0 bridgehead atoms. The van der Waals surface area contributed by atoms with Gasteiger partial charge in [-0.15, -0.1) is 10.2 Å². The van der Waals surface area contributed by atoms with Crippen molar-refractivity contribution in [1.82, 2.24) is 19.7 Å². The fraction of sp³-hybridized carbons (Fsp3) is 0.333. The van der Waals surface area contributed by atoms with E-state index in [1.807, 2.05) is 48.0 Å². The summed E-state index contributed by atoms with van der Waals surface area (Å²) in [5.41, 5.74) is 2.27. The number of thioether (sulfide) groups is 1. The SMILES string of the molecule is CN(Cc1ccc2c(c1)OCCO2)Cc1nnc(SCc2ccccc2Cl)n1C. The smallest absolute Gasteiger partial charge is 0.191 e. The third kappa shape index (κ3) is 4.86. The number of benzene rings is 2. The molecular weight excluding hydrogens is 408 g/mol. The summed E-state index contributed by atoms with van der Waals surface area (Å²) in [5.74, 6) is 3.32. The molecule has 2 heterocycles. The van der Waals surface area contributed by atoms with Crippen molar-refractivity contribution >= 4 is 23.4 Å². The number of nitrogens with zero attached hydrogens (tertiary/aromatic N) is 4. The van der Waals surface area contributed by atoms with Gasteiger partial charge in [0.1, 0.15) is 19.0 Å². The maximum Gasteiger partial charge on any atom is 0.191 e. The lowest BCUT2D eigenvalue weighted by Crippen LogP contribution is -2.20. The van der Waals surface area contributed by atoms with E-state index in [-0.39, 0.29) is 0 Å². The zero-order chi connectivity index (χ0) is 20.2. The Kier molecular flexibility index (Phi) is 6.28. The Balaban J connectivity index is 1.36. The second-order valence-electron chi connectivity index (χ2n) is 6.99. The molecule has 0 saturated heterocycles. The molecule has 3 aromatic rings. The average Bonchev–Trinajstić information content (AvgIpc) is 3.06. The van der Waals surface area contributed by atoms with Crippen molar-refractivity contribution in [3.8, 4) is 11.5 Å². The predicted octanol–water partition coefficient (Wildman–Crippen LogP) is 4.16. The maximum absolute atomic E-state index is 6.25. The molecule has 152 valence electrons. The van der Waals surface area contributed by atoms with E-state index in [9.17, 15) is 0 Å². The van der Waals surface area contributed by atoms with E-state index in [1.165, 1.54) is 5.56 Å². The minimum Gasteiger partial charge on any atom is -0.486 e. The van der Waals surface area contributed by atoms with E-state index in [1.54, 1.807) is 11.8 Å². The number of ether oxygens (including phenoxy) is 2. The lowest BCUT2D eigenvalue weighted by molar-refractivity contribution is 0.171. The molecule has 0 saturated carbocycles. The van der Waals surface area contributed by atoms with Crippen molar-refractivity contribution in [1.29, 1.82) is 0 Å². The first-order valence-electron chi connectivity index (χ1n) is 9.41. The molecule has 0 radical (unpaired) electrons.